The van der Waals surface area contributed by atoms with Gasteiger partial charge in [-0.05, 0) is 30.9 Å². The maximum Gasteiger partial charge on any atom is 0.419 e. The summed E-state index contributed by atoms with van der Waals surface area (Å²) in [6.07, 6.45) is 11.6. The molecule has 0 unspecified atom stereocenters. The predicted octanol–water partition coefficient (Wildman–Crippen LogP) is 9.66. The quantitative estimate of drug-likeness (QED) is 0.161. The number of aryl methyl sites for hydroxylation is 1. The highest BCUT2D eigenvalue weighted by Gasteiger charge is 2.38. The fourth-order valence-electron chi connectivity index (χ4n) is 3.91. The van der Waals surface area contributed by atoms with E-state index in [2.05, 4.69) is 13.8 Å². The summed E-state index contributed by atoms with van der Waals surface area (Å²) in [4.78, 5) is 0. The summed E-state index contributed by atoms with van der Waals surface area (Å²) < 4.78 is 60.6. The van der Waals surface area contributed by atoms with Gasteiger partial charge in [0.15, 0.2) is 11.6 Å². The fourth-order valence-corrected chi connectivity index (χ4v) is 3.91. The summed E-state index contributed by atoms with van der Waals surface area (Å²) in [7, 11) is 0. The molecule has 1 rings (SSSR count). The Morgan fingerprint density at radius 2 is 1.16 bits per heavy atom. The monoisotopic (exact) mass is 446 g/mol. The van der Waals surface area contributed by atoms with Gasteiger partial charge in [-0.1, -0.05) is 103 Å². The Balaban J connectivity index is 2.50. The van der Waals surface area contributed by atoms with E-state index < -0.39 is 17.6 Å². The summed E-state index contributed by atoms with van der Waals surface area (Å²) in [6, 6.07) is 2.76. The van der Waals surface area contributed by atoms with E-state index in [1.54, 1.807) is 0 Å². The van der Waals surface area contributed by atoms with Gasteiger partial charge in [-0.25, -0.2) is 4.39 Å². The topological polar surface area (TPSA) is 9.23 Å². The van der Waals surface area contributed by atoms with E-state index >= 15 is 0 Å². The second-order valence-electron chi connectivity index (χ2n) is 8.60. The number of halogens is 4. The average Bonchev–Trinajstić information content (AvgIpc) is 2.72. The summed E-state index contributed by atoms with van der Waals surface area (Å²) >= 11 is 0. The predicted molar refractivity (Wildman–Crippen MR) is 121 cm³/mol. The summed E-state index contributed by atoms with van der Waals surface area (Å²) in [5.74, 6) is -1.54. The van der Waals surface area contributed by atoms with Gasteiger partial charge >= 0.3 is 6.18 Å². The van der Waals surface area contributed by atoms with Crippen molar-refractivity contribution >= 4 is 0 Å². The lowest BCUT2D eigenvalue weighted by Gasteiger charge is -2.17. The van der Waals surface area contributed by atoms with Gasteiger partial charge in [-0.2, -0.15) is 13.2 Å². The molecule has 1 nitrogen and oxygen atoms in total. The lowest BCUT2D eigenvalue weighted by molar-refractivity contribution is -0.140. The molecule has 0 atom stereocenters. The lowest BCUT2D eigenvalue weighted by Crippen LogP contribution is -2.14. The third kappa shape index (κ3) is 11.8. The zero-order chi connectivity index (χ0) is 23.0. The first-order valence-electron chi connectivity index (χ1n) is 12.4. The maximum absolute atomic E-state index is 14.6. The zero-order valence-corrected chi connectivity index (χ0v) is 19.6. The zero-order valence-electron chi connectivity index (χ0n) is 19.6. The van der Waals surface area contributed by atoms with Crippen molar-refractivity contribution in [2.75, 3.05) is 6.61 Å². The first-order valence-corrected chi connectivity index (χ1v) is 12.4. The van der Waals surface area contributed by atoms with Crippen LogP contribution in [0.15, 0.2) is 12.1 Å². The van der Waals surface area contributed by atoms with E-state index in [1.807, 2.05) is 0 Å². The van der Waals surface area contributed by atoms with Gasteiger partial charge in [0.05, 0.1) is 12.2 Å². The molecule has 0 saturated heterocycles. The van der Waals surface area contributed by atoms with Gasteiger partial charge < -0.3 is 4.74 Å². The first kappa shape index (κ1) is 27.8. The van der Waals surface area contributed by atoms with Crippen LogP contribution < -0.4 is 4.74 Å². The molecule has 0 aliphatic carbocycles. The van der Waals surface area contributed by atoms with Crippen LogP contribution in [0.4, 0.5) is 17.6 Å². The molecule has 0 saturated carbocycles. The molecule has 0 heterocycles. The molecule has 180 valence electrons. The number of rotatable bonds is 18. The number of alkyl halides is 3. The number of unbranched alkanes of at least 4 members (excludes halogenated alkanes) is 13. The van der Waals surface area contributed by atoms with E-state index in [0.717, 1.165) is 44.9 Å². The summed E-state index contributed by atoms with van der Waals surface area (Å²) in [6.45, 7) is 4.58. The highest BCUT2D eigenvalue weighted by atomic mass is 19.4. The van der Waals surface area contributed by atoms with E-state index in [1.165, 1.54) is 57.1 Å². The molecule has 0 fully saturated rings. The van der Waals surface area contributed by atoms with Crippen LogP contribution in [0.1, 0.15) is 121 Å². The van der Waals surface area contributed by atoms with Crippen LogP contribution in [0.3, 0.4) is 0 Å². The van der Waals surface area contributed by atoms with E-state index in [0.29, 0.717) is 6.42 Å². The van der Waals surface area contributed by atoms with Crippen LogP contribution in [0.25, 0.3) is 0 Å². The molecule has 0 aliphatic heterocycles. The number of hydrogen-bond acceptors (Lipinski definition) is 1. The minimum absolute atomic E-state index is 0.0410. The van der Waals surface area contributed by atoms with Crippen LogP contribution in [0.5, 0.6) is 5.75 Å². The number of hydrogen-bond donors (Lipinski definition) is 0. The van der Waals surface area contributed by atoms with Gasteiger partial charge in [0, 0.05) is 0 Å². The highest BCUT2D eigenvalue weighted by molar-refractivity contribution is 5.39. The van der Waals surface area contributed by atoms with Crippen LogP contribution >= 0.6 is 0 Å². The number of benzene rings is 1. The van der Waals surface area contributed by atoms with Crippen LogP contribution in [-0.4, -0.2) is 6.61 Å². The number of ether oxygens (including phenoxy) is 1. The molecule has 0 amide bonds. The Morgan fingerprint density at radius 3 is 1.68 bits per heavy atom. The largest absolute Gasteiger partial charge is 0.491 e. The molecule has 1 aromatic carbocycles. The molecule has 5 heteroatoms. The Hall–Kier alpha value is -1.26. The lowest BCUT2D eigenvalue weighted by atomic mass is 9.99. The highest BCUT2D eigenvalue weighted by Crippen LogP contribution is 2.38. The van der Waals surface area contributed by atoms with E-state index in [9.17, 15) is 17.6 Å². The minimum Gasteiger partial charge on any atom is -0.491 e. The van der Waals surface area contributed by atoms with Crippen LogP contribution in [-0.2, 0) is 12.6 Å². The molecule has 0 spiro atoms. The van der Waals surface area contributed by atoms with Gasteiger partial charge in [-0.3, -0.25) is 0 Å². The van der Waals surface area contributed by atoms with Crippen molar-refractivity contribution < 1.29 is 22.3 Å². The Kier molecular flexibility index (Phi) is 14.7. The van der Waals surface area contributed by atoms with Crippen molar-refractivity contribution in [1.82, 2.24) is 0 Å². The average molecular weight is 447 g/mol. The Bertz CT molecular complexity index is 584. The molecule has 0 aliphatic rings. The van der Waals surface area contributed by atoms with Gasteiger partial charge in [0.1, 0.15) is 0 Å². The fraction of sp³-hybridized carbons (Fsp3) is 0.769. The van der Waals surface area contributed by atoms with Crippen molar-refractivity contribution in [1.29, 1.82) is 0 Å². The second-order valence-corrected chi connectivity index (χ2v) is 8.60. The van der Waals surface area contributed by atoms with Crippen molar-refractivity contribution in [3.05, 3.63) is 29.1 Å². The molecule has 0 aromatic heterocycles. The van der Waals surface area contributed by atoms with Gasteiger partial charge in [0.25, 0.3) is 0 Å². The third-order valence-electron chi connectivity index (χ3n) is 5.78. The Labute approximate surface area is 187 Å². The summed E-state index contributed by atoms with van der Waals surface area (Å²) in [5, 5.41) is 0. The van der Waals surface area contributed by atoms with Crippen molar-refractivity contribution in [2.24, 2.45) is 0 Å². The molecular weight excluding hydrogens is 404 g/mol. The molecule has 0 N–H and O–H groups in total. The smallest absolute Gasteiger partial charge is 0.419 e. The van der Waals surface area contributed by atoms with Crippen molar-refractivity contribution in [3.8, 4) is 5.75 Å². The van der Waals surface area contributed by atoms with Gasteiger partial charge in [-0.15, -0.1) is 0 Å². The second kappa shape index (κ2) is 16.4. The molecule has 31 heavy (non-hydrogen) atoms. The van der Waals surface area contributed by atoms with Gasteiger partial charge in [0.2, 0.25) is 0 Å². The molecule has 1 aromatic rings. The first-order chi connectivity index (χ1) is 14.9. The third-order valence-corrected chi connectivity index (χ3v) is 5.78. The standard InChI is InChI=1S/C26H42F4O/c1-3-5-7-9-11-12-14-16-18-22-19-20-23(25(27)24(22)26(28,29)30)31-21-17-15-13-10-8-6-4-2/h19-20H,3-18,21H2,1-2H3. The molecular formula is C26H42F4O. The van der Waals surface area contributed by atoms with Crippen molar-refractivity contribution in [3.63, 3.8) is 0 Å². The minimum atomic E-state index is -4.71. The van der Waals surface area contributed by atoms with Crippen molar-refractivity contribution in [2.45, 2.75) is 123 Å². The summed E-state index contributed by atoms with van der Waals surface area (Å²) in [5.41, 5.74) is -1.10. The molecule has 0 radical (unpaired) electrons. The van der Waals surface area contributed by atoms with E-state index in [-0.39, 0.29) is 24.3 Å². The SMILES string of the molecule is CCCCCCCCCCc1ccc(OCCCCCCCCC)c(F)c1C(F)(F)F. The molecule has 0 bridgehead atoms. The van der Waals surface area contributed by atoms with Crippen LogP contribution in [0, 0.1) is 5.82 Å². The normalized spacial score (nSPS) is 11.8. The maximum atomic E-state index is 14.6. The van der Waals surface area contributed by atoms with E-state index in [4.69, 9.17) is 4.74 Å². The van der Waals surface area contributed by atoms with Crippen LogP contribution in [0.2, 0.25) is 0 Å². The Morgan fingerprint density at radius 1 is 0.677 bits per heavy atom.